The molecule has 0 aliphatic carbocycles. The number of aromatic nitrogens is 2. The molecule has 0 amide bonds. The Morgan fingerprint density at radius 1 is 1.08 bits per heavy atom. The van der Waals surface area contributed by atoms with Crippen LogP contribution in [0.3, 0.4) is 0 Å². The number of para-hydroxylation sites is 1. The Labute approximate surface area is 144 Å². The molecule has 3 rings (SSSR count). The fraction of sp³-hybridized carbons (Fsp3) is 0.105. The van der Waals surface area contributed by atoms with Gasteiger partial charge in [-0.05, 0) is 50.2 Å². The van der Waals surface area contributed by atoms with E-state index in [2.05, 4.69) is 10.3 Å². The van der Waals surface area contributed by atoms with Crippen LogP contribution >= 0.6 is 0 Å². The van der Waals surface area contributed by atoms with Gasteiger partial charge in [-0.15, -0.1) is 0 Å². The lowest BCUT2D eigenvalue weighted by molar-refractivity contribution is 0.0516. The topological polar surface area (TPSA) is 56.5 Å². The third-order valence-corrected chi connectivity index (χ3v) is 3.38. The number of carbonyl (C=O) groups excluding carboxylic acids is 1. The predicted molar refractivity (Wildman–Crippen MR) is 93.2 cm³/mol. The quantitative estimate of drug-likeness (QED) is 0.407. The molecular weight excluding hydrogens is 321 g/mol. The summed E-state index contributed by atoms with van der Waals surface area (Å²) in [6.07, 6.45) is 1.58. The lowest BCUT2D eigenvalue weighted by Crippen LogP contribution is -2.02. The van der Waals surface area contributed by atoms with Crippen LogP contribution in [-0.2, 0) is 4.84 Å². The monoisotopic (exact) mass is 337 g/mol. The molecule has 5 nitrogen and oxygen atoms in total. The Morgan fingerprint density at radius 2 is 1.76 bits per heavy atom. The van der Waals surface area contributed by atoms with Gasteiger partial charge in [-0.2, -0.15) is 5.10 Å². The molecule has 1 aromatic heterocycles. The van der Waals surface area contributed by atoms with E-state index >= 15 is 0 Å². The molecule has 0 saturated heterocycles. The number of benzene rings is 2. The summed E-state index contributed by atoms with van der Waals surface area (Å²) in [5.74, 6) is -0.982. The third-order valence-electron chi connectivity index (χ3n) is 3.38. The number of oxime groups is 1. The van der Waals surface area contributed by atoms with Crippen molar-refractivity contribution < 1.29 is 14.0 Å². The Hall–Kier alpha value is -3.28. The van der Waals surface area contributed by atoms with Crippen LogP contribution in [0, 0.1) is 5.82 Å². The van der Waals surface area contributed by atoms with Crippen LogP contribution in [0.4, 0.5) is 4.39 Å². The van der Waals surface area contributed by atoms with Gasteiger partial charge in [0.25, 0.3) is 0 Å². The lowest BCUT2D eigenvalue weighted by Gasteiger charge is -2.01. The second-order valence-electron chi connectivity index (χ2n) is 5.60. The molecule has 1 heterocycles. The van der Waals surface area contributed by atoms with E-state index in [1.807, 2.05) is 30.3 Å². The molecule has 0 unspecified atom stereocenters. The van der Waals surface area contributed by atoms with E-state index in [0.717, 1.165) is 5.69 Å². The molecule has 126 valence electrons. The second kappa shape index (κ2) is 7.09. The van der Waals surface area contributed by atoms with Crippen molar-refractivity contribution in [2.45, 2.75) is 13.8 Å². The molecule has 0 aliphatic rings. The standard InChI is InChI=1S/C19H16FN3O2/c1-13(2)22-25-19(24)17-12-23(16-6-4-3-5-7-16)21-18(17)14-8-10-15(20)11-9-14/h3-12H,1-2H3. The summed E-state index contributed by atoms with van der Waals surface area (Å²) < 4.78 is 14.8. The number of halogens is 1. The number of hydrogen-bond acceptors (Lipinski definition) is 4. The number of nitrogens with zero attached hydrogens (tertiary/aromatic N) is 3. The summed E-state index contributed by atoms with van der Waals surface area (Å²) in [5.41, 5.74) is 2.67. The second-order valence-corrected chi connectivity index (χ2v) is 5.60. The molecule has 0 atom stereocenters. The van der Waals surface area contributed by atoms with Crippen molar-refractivity contribution in [3.8, 4) is 16.9 Å². The Bertz CT molecular complexity index is 912. The summed E-state index contributed by atoms with van der Waals surface area (Å²) >= 11 is 0. The van der Waals surface area contributed by atoms with Gasteiger partial charge in [0.05, 0.1) is 11.4 Å². The van der Waals surface area contributed by atoms with Gasteiger partial charge in [0, 0.05) is 11.8 Å². The summed E-state index contributed by atoms with van der Waals surface area (Å²) in [6, 6.07) is 15.1. The lowest BCUT2D eigenvalue weighted by atomic mass is 10.1. The summed E-state index contributed by atoms with van der Waals surface area (Å²) in [7, 11) is 0. The molecule has 0 bridgehead atoms. The van der Waals surface area contributed by atoms with Crippen LogP contribution in [0.25, 0.3) is 16.9 Å². The molecule has 0 saturated carbocycles. The van der Waals surface area contributed by atoms with Crippen molar-refractivity contribution in [3.05, 3.63) is 72.2 Å². The molecule has 25 heavy (non-hydrogen) atoms. The summed E-state index contributed by atoms with van der Waals surface area (Å²) in [6.45, 7) is 3.45. The zero-order valence-electron chi connectivity index (χ0n) is 13.8. The van der Waals surface area contributed by atoms with Gasteiger partial charge in [-0.3, -0.25) is 0 Å². The first-order valence-electron chi connectivity index (χ1n) is 7.68. The van der Waals surface area contributed by atoms with Gasteiger partial charge in [-0.1, -0.05) is 23.4 Å². The van der Waals surface area contributed by atoms with E-state index in [1.165, 1.54) is 12.1 Å². The van der Waals surface area contributed by atoms with E-state index in [-0.39, 0.29) is 11.4 Å². The Balaban J connectivity index is 2.07. The van der Waals surface area contributed by atoms with E-state index < -0.39 is 5.97 Å². The summed E-state index contributed by atoms with van der Waals surface area (Å²) in [4.78, 5) is 17.3. The molecular formula is C19H16FN3O2. The van der Waals surface area contributed by atoms with Crippen LogP contribution in [0.1, 0.15) is 24.2 Å². The fourth-order valence-electron chi connectivity index (χ4n) is 2.24. The van der Waals surface area contributed by atoms with E-state index in [1.54, 1.807) is 36.9 Å². The van der Waals surface area contributed by atoms with Crippen LogP contribution in [0.2, 0.25) is 0 Å². The smallest absolute Gasteiger partial charge is 0.313 e. The highest BCUT2D eigenvalue weighted by atomic mass is 19.1. The first-order valence-corrected chi connectivity index (χ1v) is 7.68. The molecule has 0 radical (unpaired) electrons. The maximum absolute atomic E-state index is 13.2. The van der Waals surface area contributed by atoms with Gasteiger partial charge in [-0.25, -0.2) is 13.9 Å². The number of carbonyl (C=O) groups is 1. The van der Waals surface area contributed by atoms with Gasteiger partial charge < -0.3 is 4.84 Å². The van der Waals surface area contributed by atoms with Crippen LogP contribution in [0.15, 0.2) is 65.9 Å². The molecule has 3 aromatic rings. The van der Waals surface area contributed by atoms with Crippen molar-refractivity contribution in [2.24, 2.45) is 5.16 Å². The predicted octanol–water partition coefficient (Wildman–Crippen LogP) is 4.23. The van der Waals surface area contributed by atoms with Gasteiger partial charge in [0.1, 0.15) is 17.1 Å². The molecule has 2 aromatic carbocycles. The Kier molecular flexibility index (Phi) is 4.70. The number of rotatable bonds is 4. The zero-order chi connectivity index (χ0) is 17.8. The minimum atomic E-state index is -0.622. The minimum Gasteiger partial charge on any atom is -0.313 e. The normalized spacial score (nSPS) is 10.4. The van der Waals surface area contributed by atoms with Gasteiger partial charge in [0.15, 0.2) is 0 Å². The molecule has 0 fully saturated rings. The van der Waals surface area contributed by atoms with Crippen molar-refractivity contribution in [2.75, 3.05) is 0 Å². The van der Waals surface area contributed by atoms with Crippen LogP contribution < -0.4 is 0 Å². The average molecular weight is 337 g/mol. The fourth-order valence-corrected chi connectivity index (χ4v) is 2.24. The first kappa shape index (κ1) is 16.6. The van der Waals surface area contributed by atoms with E-state index in [0.29, 0.717) is 17.0 Å². The van der Waals surface area contributed by atoms with E-state index in [9.17, 15) is 9.18 Å². The van der Waals surface area contributed by atoms with Gasteiger partial charge in [0.2, 0.25) is 0 Å². The van der Waals surface area contributed by atoms with Crippen molar-refractivity contribution in [3.63, 3.8) is 0 Å². The molecule has 0 spiro atoms. The molecule has 0 N–H and O–H groups in total. The van der Waals surface area contributed by atoms with Crippen molar-refractivity contribution in [1.29, 1.82) is 0 Å². The Morgan fingerprint density at radius 3 is 2.40 bits per heavy atom. The maximum atomic E-state index is 13.2. The SMILES string of the molecule is CC(C)=NOC(=O)c1cn(-c2ccccc2)nc1-c1ccc(F)cc1. The third kappa shape index (κ3) is 3.80. The molecule has 0 aliphatic heterocycles. The number of hydrogen-bond donors (Lipinski definition) is 0. The highest BCUT2D eigenvalue weighted by molar-refractivity contribution is 5.96. The maximum Gasteiger partial charge on any atom is 0.369 e. The minimum absolute atomic E-state index is 0.250. The first-order chi connectivity index (χ1) is 12.0. The highest BCUT2D eigenvalue weighted by Crippen LogP contribution is 2.25. The van der Waals surface area contributed by atoms with E-state index in [4.69, 9.17) is 4.84 Å². The van der Waals surface area contributed by atoms with Crippen LogP contribution in [-0.4, -0.2) is 21.5 Å². The van der Waals surface area contributed by atoms with Crippen LogP contribution in [0.5, 0.6) is 0 Å². The largest absolute Gasteiger partial charge is 0.369 e. The average Bonchev–Trinajstić information content (AvgIpc) is 3.06. The molecule has 6 heteroatoms. The highest BCUT2D eigenvalue weighted by Gasteiger charge is 2.20. The van der Waals surface area contributed by atoms with Crippen molar-refractivity contribution in [1.82, 2.24) is 9.78 Å². The zero-order valence-corrected chi connectivity index (χ0v) is 13.8. The van der Waals surface area contributed by atoms with Crippen molar-refractivity contribution >= 4 is 11.7 Å². The summed E-state index contributed by atoms with van der Waals surface area (Å²) in [5, 5.41) is 8.18. The van der Waals surface area contributed by atoms with Gasteiger partial charge >= 0.3 is 5.97 Å².